The molecule has 0 bridgehead atoms. The highest BCUT2D eigenvalue weighted by molar-refractivity contribution is 7.15. The van der Waals surface area contributed by atoms with E-state index in [0.717, 1.165) is 10.6 Å². The summed E-state index contributed by atoms with van der Waals surface area (Å²) in [5, 5.41) is 3.39. The molecule has 35 heavy (non-hydrogen) atoms. The summed E-state index contributed by atoms with van der Waals surface area (Å²) in [7, 11) is 0. The Labute approximate surface area is 208 Å². The average molecular weight is 496 g/mol. The van der Waals surface area contributed by atoms with Crippen LogP contribution in [0.3, 0.4) is 0 Å². The van der Waals surface area contributed by atoms with E-state index >= 15 is 0 Å². The first-order valence-electron chi connectivity index (χ1n) is 11.7. The summed E-state index contributed by atoms with van der Waals surface area (Å²) < 4.78 is 17.2. The van der Waals surface area contributed by atoms with Gasteiger partial charge in [-0.15, -0.1) is 0 Å². The van der Waals surface area contributed by atoms with E-state index in [1.807, 2.05) is 56.0 Å². The van der Waals surface area contributed by atoms with E-state index in [9.17, 15) is 9.59 Å². The van der Waals surface area contributed by atoms with Crippen molar-refractivity contribution in [3.8, 4) is 17.2 Å². The second kappa shape index (κ2) is 11.2. The Balaban J connectivity index is 1.51. The second-order valence-corrected chi connectivity index (χ2v) is 8.87. The Morgan fingerprint density at radius 1 is 0.971 bits per heavy atom. The van der Waals surface area contributed by atoms with Gasteiger partial charge in [-0.1, -0.05) is 29.5 Å². The minimum absolute atomic E-state index is 0.00321. The number of anilines is 1. The molecule has 184 valence electrons. The van der Waals surface area contributed by atoms with Crippen LogP contribution in [0.4, 0.5) is 5.13 Å². The fourth-order valence-corrected chi connectivity index (χ4v) is 4.89. The predicted molar refractivity (Wildman–Crippen MR) is 135 cm³/mol. The summed E-state index contributed by atoms with van der Waals surface area (Å²) in [4.78, 5) is 33.3. The Bertz CT molecular complexity index is 1170. The smallest absolute Gasteiger partial charge is 0.257 e. The molecule has 1 aliphatic rings. The maximum absolute atomic E-state index is 13.1. The van der Waals surface area contributed by atoms with E-state index in [0.29, 0.717) is 72.8 Å². The van der Waals surface area contributed by atoms with E-state index in [1.165, 1.54) is 11.3 Å². The minimum atomic E-state index is -0.321. The third-order valence-electron chi connectivity index (χ3n) is 5.43. The number of nitrogens with zero attached hydrogens (tertiary/aromatic N) is 2. The quantitative estimate of drug-likeness (QED) is 0.459. The third kappa shape index (κ3) is 5.57. The van der Waals surface area contributed by atoms with Gasteiger partial charge in [0, 0.05) is 29.0 Å². The van der Waals surface area contributed by atoms with E-state index in [2.05, 4.69) is 10.3 Å². The normalized spacial score (nSPS) is 12.6. The van der Waals surface area contributed by atoms with Crippen LogP contribution in [0.25, 0.3) is 0 Å². The highest BCUT2D eigenvalue weighted by Gasteiger charge is 2.26. The molecule has 0 atom stereocenters. The molecular formula is C26H29N3O5S. The van der Waals surface area contributed by atoms with Crippen molar-refractivity contribution in [3.05, 3.63) is 64.2 Å². The topological polar surface area (TPSA) is 90.0 Å². The lowest BCUT2D eigenvalue weighted by atomic mass is 10.1. The number of rotatable bonds is 9. The van der Waals surface area contributed by atoms with Crippen LogP contribution in [0.1, 0.15) is 52.1 Å². The lowest BCUT2D eigenvalue weighted by molar-refractivity contribution is 0.0736. The number of amides is 2. The molecule has 1 aliphatic heterocycles. The molecule has 0 saturated carbocycles. The molecule has 0 fully saturated rings. The van der Waals surface area contributed by atoms with Gasteiger partial charge in [-0.2, -0.15) is 0 Å². The van der Waals surface area contributed by atoms with Crippen molar-refractivity contribution in [2.24, 2.45) is 0 Å². The molecule has 2 amide bonds. The van der Waals surface area contributed by atoms with Crippen molar-refractivity contribution in [1.82, 2.24) is 9.88 Å². The first-order valence-corrected chi connectivity index (χ1v) is 12.6. The van der Waals surface area contributed by atoms with Gasteiger partial charge < -0.3 is 19.1 Å². The van der Waals surface area contributed by atoms with Gasteiger partial charge >= 0.3 is 0 Å². The lowest BCUT2D eigenvalue weighted by Gasteiger charge is -2.26. The largest absolute Gasteiger partial charge is 0.490 e. The Morgan fingerprint density at radius 3 is 2.26 bits per heavy atom. The van der Waals surface area contributed by atoms with Gasteiger partial charge in [-0.05, 0) is 45.0 Å². The van der Waals surface area contributed by atoms with E-state index in [1.54, 1.807) is 12.1 Å². The Hall–Kier alpha value is -3.59. The van der Waals surface area contributed by atoms with Gasteiger partial charge in [-0.25, -0.2) is 4.98 Å². The summed E-state index contributed by atoms with van der Waals surface area (Å²) >= 11 is 1.39. The zero-order valence-corrected chi connectivity index (χ0v) is 20.9. The van der Waals surface area contributed by atoms with E-state index < -0.39 is 0 Å². The molecule has 4 rings (SSSR count). The first kappa shape index (κ1) is 24.5. The molecule has 0 saturated heterocycles. The van der Waals surface area contributed by atoms with Gasteiger partial charge in [0.15, 0.2) is 16.6 Å². The van der Waals surface area contributed by atoms with Crippen molar-refractivity contribution in [1.29, 1.82) is 0 Å². The lowest BCUT2D eigenvalue weighted by Crippen LogP contribution is -2.35. The van der Waals surface area contributed by atoms with Gasteiger partial charge in [0.25, 0.3) is 11.8 Å². The predicted octanol–water partition coefficient (Wildman–Crippen LogP) is 4.79. The van der Waals surface area contributed by atoms with Crippen molar-refractivity contribution in [3.63, 3.8) is 0 Å². The molecule has 1 N–H and O–H groups in total. The number of hydrogen-bond donors (Lipinski definition) is 1. The second-order valence-electron chi connectivity index (χ2n) is 7.79. The summed E-state index contributed by atoms with van der Waals surface area (Å²) in [6, 6.07) is 12.6. The molecule has 3 aromatic rings. The van der Waals surface area contributed by atoms with Crippen molar-refractivity contribution in [2.75, 3.05) is 31.7 Å². The van der Waals surface area contributed by atoms with Gasteiger partial charge in [-0.3, -0.25) is 14.9 Å². The van der Waals surface area contributed by atoms with Crippen LogP contribution in [0.15, 0.2) is 42.5 Å². The number of ether oxygens (including phenoxy) is 3. The van der Waals surface area contributed by atoms with Crippen LogP contribution in [-0.4, -0.2) is 48.1 Å². The van der Waals surface area contributed by atoms with Crippen molar-refractivity contribution < 1.29 is 23.8 Å². The number of aromatic nitrogens is 1. The van der Waals surface area contributed by atoms with Crippen LogP contribution in [0.2, 0.25) is 0 Å². The number of hydrogen-bond acceptors (Lipinski definition) is 7. The summed E-state index contributed by atoms with van der Waals surface area (Å²) in [5.74, 6) is 1.08. The first-order chi connectivity index (χ1) is 17.0. The summed E-state index contributed by atoms with van der Waals surface area (Å²) in [5.41, 5.74) is 1.97. The number of benzene rings is 2. The Morgan fingerprint density at radius 2 is 1.63 bits per heavy atom. The van der Waals surface area contributed by atoms with Gasteiger partial charge in [0.2, 0.25) is 5.75 Å². The van der Waals surface area contributed by atoms with Crippen molar-refractivity contribution >= 4 is 28.3 Å². The fraction of sp³-hybridized carbons (Fsp3) is 0.346. The Kier molecular flexibility index (Phi) is 7.87. The van der Waals surface area contributed by atoms with E-state index in [-0.39, 0.29) is 11.8 Å². The summed E-state index contributed by atoms with van der Waals surface area (Å²) in [6.07, 6.45) is 0.645. The standard InChI is InChI=1S/C26H29N3O5S/c1-4-32-20-14-18(15-21(33-5-2)23(20)34-6-3)24(30)28-26-27-19-12-13-29(16-22(19)35-26)25(31)17-10-8-7-9-11-17/h7-11,14-15H,4-6,12-13,16H2,1-3H3,(H,27,28,30). The molecule has 2 heterocycles. The average Bonchev–Trinajstić information content (AvgIpc) is 3.27. The third-order valence-corrected chi connectivity index (χ3v) is 6.43. The van der Waals surface area contributed by atoms with Crippen LogP contribution < -0.4 is 19.5 Å². The van der Waals surface area contributed by atoms with Crippen LogP contribution in [-0.2, 0) is 13.0 Å². The van der Waals surface area contributed by atoms with Crippen LogP contribution >= 0.6 is 11.3 Å². The van der Waals surface area contributed by atoms with Crippen LogP contribution in [0.5, 0.6) is 17.2 Å². The maximum Gasteiger partial charge on any atom is 0.257 e. The molecule has 8 nitrogen and oxygen atoms in total. The minimum Gasteiger partial charge on any atom is -0.490 e. The SMILES string of the molecule is CCOc1cc(C(=O)Nc2nc3c(s2)CN(C(=O)c2ccccc2)CC3)cc(OCC)c1OCC. The number of carbonyl (C=O) groups is 2. The zero-order chi connectivity index (χ0) is 24.8. The monoisotopic (exact) mass is 495 g/mol. The molecular weight excluding hydrogens is 466 g/mol. The van der Waals surface area contributed by atoms with Crippen LogP contribution in [0, 0.1) is 0 Å². The van der Waals surface area contributed by atoms with Crippen molar-refractivity contribution in [2.45, 2.75) is 33.7 Å². The number of nitrogens with one attached hydrogen (secondary N) is 1. The number of thiazole rings is 1. The maximum atomic E-state index is 13.1. The van der Waals surface area contributed by atoms with Gasteiger partial charge in [0.05, 0.1) is 32.1 Å². The van der Waals surface area contributed by atoms with E-state index in [4.69, 9.17) is 14.2 Å². The molecule has 1 aromatic heterocycles. The molecule has 0 spiro atoms. The molecule has 0 aliphatic carbocycles. The molecule has 0 unspecified atom stereocenters. The molecule has 9 heteroatoms. The fourth-order valence-electron chi connectivity index (χ4n) is 3.87. The summed E-state index contributed by atoms with van der Waals surface area (Å²) in [6.45, 7) is 7.98. The van der Waals surface area contributed by atoms with Gasteiger partial charge in [0.1, 0.15) is 0 Å². The highest BCUT2D eigenvalue weighted by Crippen LogP contribution is 2.39. The number of carbonyl (C=O) groups excluding carboxylic acids is 2. The highest BCUT2D eigenvalue weighted by atomic mass is 32.1. The molecule has 2 aromatic carbocycles. The number of fused-ring (bicyclic) bond motifs is 1. The zero-order valence-electron chi connectivity index (χ0n) is 20.1. The molecule has 0 radical (unpaired) electrons.